The molecule has 0 amide bonds. The molecule has 0 aliphatic rings. The Morgan fingerprint density at radius 1 is 1.24 bits per heavy atom. The lowest BCUT2D eigenvalue weighted by molar-refractivity contribution is 0.0603. The van der Waals surface area contributed by atoms with Gasteiger partial charge in [-0.3, -0.25) is 0 Å². The molecule has 1 heterocycles. The maximum Gasteiger partial charge on any atom is 0.240 e. The van der Waals surface area contributed by atoms with Gasteiger partial charge in [0, 0.05) is 13.0 Å². The maximum absolute atomic E-state index is 12.4. The molecule has 0 bridgehead atoms. The molecular formula is C18H25NO5S. The predicted molar refractivity (Wildman–Crippen MR) is 95.0 cm³/mol. The lowest BCUT2D eigenvalue weighted by atomic mass is 10.0. The minimum Gasteiger partial charge on any atom is -0.493 e. The zero-order valence-corrected chi connectivity index (χ0v) is 15.5. The van der Waals surface area contributed by atoms with Gasteiger partial charge in [0.1, 0.15) is 11.5 Å². The first-order valence-electron chi connectivity index (χ1n) is 8.15. The van der Waals surface area contributed by atoms with Crippen molar-refractivity contribution < 1.29 is 22.7 Å². The molecule has 2 N–H and O–H groups in total. The van der Waals surface area contributed by atoms with E-state index in [9.17, 15) is 13.5 Å². The first-order valence-corrected chi connectivity index (χ1v) is 9.63. The van der Waals surface area contributed by atoms with Gasteiger partial charge in [0.15, 0.2) is 0 Å². The van der Waals surface area contributed by atoms with E-state index >= 15 is 0 Å². The van der Waals surface area contributed by atoms with Gasteiger partial charge in [0.05, 0.1) is 23.4 Å². The summed E-state index contributed by atoms with van der Waals surface area (Å²) in [6, 6.07) is 9.67. The smallest absolute Gasteiger partial charge is 0.240 e. The molecular weight excluding hydrogens is 342 g/mol. The van der Waals surface area contributed by atoms with Crippen molar-refractivity contribution in [2.45, 2.75) is 37.7 Å². The Hall–Kier alpha value is -1.83. The molecule has 6 nitrogen and oxygen atoms in total. The van der Waals surface area contributed by atoms with E-state index in [4.69, 9.17) is 9.15 Å². The molecule has 0 saturated carbocycles. The number of nitrogens with one attached hydrogen (secondary N) is 1. The summed E-state index contributed by atoms with van der Waals surface area (Å²) in [5.41, 5.74) is -1.26. The topological polar surface area (TPSA) is 88.8 Å². The molecule has 0 aliphatic carbocycles. The molecule has 2 rings (SSSR count). The fraction of sp³-hybridized carbons (Fsp3) is 0.444. The van der Waals surface area contributed by atoms with Gasteiger partial charge in [0.25, 0.3) is 0 Å². The minimum atomic E-state index is -3.72. The van der Waals surface area contributed by atoms with Crippen LogP contribution in [0.25, 0.3) is 0 Å². The summed E-state index contributed by atoms with van der Waals surface area (Å²) < 4.78 is 37.9. The summed E-state index contributed by atoms with van der Waals surface area (Å²) in [7, 11) is -3.72. The number of benzene rings is 1. The molecule has 0 spiro atoms. The Bertz CT molecular complexity index is 749. The lowest BCUT2D eigenvalue weighted by Crippen LogP contribution is -2.42. The Morgan fingerprint density at radius 2 is 1.92 bits per heavy atom. The predicted octanol–water partition coefficient (Wildman–Crippen LogP) is 2.59. The third-order valence-corrected chi connectivity index (χ3v) is 4.91. The van der Waals surface area contributed by atoms with Crippen molar-refractivity contribution in [2.75, 3.05) is 13.2 Å². The molecule has 0 radical (unpaired) electrons. The molecule has 2 aromatic rings. The SMILES string of the molecule is CC(C)COc1ccc(S(=O)(=O)NCC(C)(O)Cc2ccco2)cc1. The van der Waals surface area contributed by atoms with E-state index in [0.717, 1.165) is 0 Å². The largest absolute Gasteiger partial charge is 0.493 e. The summed E-state index contributed by atoms with van der Waals surface area (Å²) in [6.07, 6.45) is 1.73. The van der Waals surface area contributed by atoms with Crippen molar-refractivity contribution in [2.24, 2.45) is 5.92 Å². The van der Waals surface area contributed by atoms with Crippen molar-refractivity contribution >= 4 is 10.0 Å². The van der Waals surface area contributed by atoms with Crippen LogP contribution in [0, 0.1) is 5.92 Å². The summed E-state index contributed by atoms with van der Waals surface area (Å²) in [4.78, 5) is 0.123. The number of rotatable bonds is 9. The van der Waals surface area contributed by atoms with Crippen LogP contribution in [0.3, 0.4) is 0 Å². The number of furan rings is 1. The van der Waals surface area contributed by atoms with Crippen molar-refractivity contribution in [1.29, 1.82) is 0 Å². The Morgan fingerprint density at radius 3 is 2.48 bits per heavy atom. The van der Waals surface area contributed by atoms with Crippen LogP contribution in [0.5, 0.6) is 5.75 Å². The molecule has 25 heavy (non-hydrogen) atoms. The van der Waals surface area contributed by atoms with Crippen LogP contribution in [0.4, 0.5) is 0 Å². The van der Waals surface area contributed by atoms with Crippen LogP contribution in [-0.4, -0.2) is 32.3 Å². The zero-order valence-electron chi connectivity index (χ0n) is 14.7. The summed E-state index contributed by atoms with van der Waals surface area (Å²) in [6.45, 7) is 6.08. The summed E-state index contributed by atoms with van der Waals surface area (Å²) in [5, 5.41) is 10.4. The van der Waals surface area contributed by atoms with Crippen LogP contribution in [0.15, 0.2) is 52.0 Å². The van der Waals surface area contributed by atoms with Gasteiger partial charge in [-0.15, -0.1) is 0 Å². The lowest BCUT2D eigenvalue weighted by Gasteiger charge is -2.22. The standard InChI is InChI=1S/C18H25NO5S/c1-14(2)12-24-15-6-8-17(9-7-15)25(21,22)19-13-18(3,20)11-16-5-4-10-23-16/h4-10,14,19-20H,11-13H2,1-3H3. The highest BCUT2D eigenvalue weighted by Gasteiger charge is 2.25. The van der Waals surface area contributed by atoms with Crippen LogP contribution < -0.4 is 9.46 Å². The zero-order chi connectivity index (χ0) is 18.5. The average Bonchev–Trinajstić information content (AvgIpc) is 3.04. The normalized spacial score (nSPS) is 14.4. The second-order valence-corrected chi connectivity index (χ2v) is 8.52. The van der Waals surface area contributed by atoms with Crippen molar-refractivity contribution in [3.8, 4) is 5.75 Å². The Balaban J connectivity index is 1.96. The van der Waals surface area contributed by atoms with Gasteiger partial charge < -0.3 is 14.3 Å². The third kappa shape index (κ3) is 6.19. The summed E-state index contributed by atoms with van der Waals surface area (Å²) in [5.74, 6) is 1.61. The molecule has 1 atom stereocenters. The van der Waals surface area contributed by atoms with E-state index < -0.39 is 15.6 Å². The first kappa shape index (κ1) is 19.5. The van der Waals surface area contributed by atoms with Crippen LogP contribution in [0.1, 0.15) is 26.5 Å². The van der Waals surface area contributed by atoms with Crippen molar-refractivity contribution in [1.82, 2.24) is 4.72 Å². The van der Waals surface area contributed by atoms with E-state index in [1.807, 2.05) is 13.8 Å². The number of sulfonamides is 1. The van der Waals surface area contributed by atoms with Crippen molar-refractivity contribution in [3.63, 3.8) is 0 Å². The van der Waals surface area contributed by atoms with Crippen LogP contribution >= 0.6 is 0 Å². The fourth-order valence-electron chi connectivity index (χ4n) is 2.16. The highest BCUT2D eigenvalue weighted by atomic mass is 32.2. The minimum absolute atomic E-state index is 0.123. The number of ether oxygens (including phenoxy) is 1. The second-order valence-electron chi connectivity index (χ2n) is 6.75. The van der Waals surface area contributed by atoms with Gasteiger partial charge in [0.2, 0.25) is 10.0 Å². The Labute approximate surface area is 148 Å². The quantitative estimate of drug-likeness (QED) is 0.711. The molecule has 7 heteroatoms. The molecule has 0 fully saturated rings. The summed E-state index contributed by atoms with van der Waals surface area (Å²) >= 11 is 0. The highest BCUT2D eigenvalue weighted by molar-refractivity contribution is 7.89. The fourth-order valence-corrected chi connectivity index (χ4v) is 3.32. The van der Waals surface area contributed by atoms with Gasteiger partial charge in [-0.1, -0.05) is 13.8 Å². The molecule has 0 saturated heterocycles. The second kappa shape index (κ2) is 8.03. The van der Waals surface area contributed by atoms with Gasteiger partial charge in [-0.25, -0.2) is 13.1 Å². The van der Waals surface area contributed by atoms with E-state index in [0.29, 0.717) is 24.0 Å². The maximum atomic E-state index is 12.4. The molecule has 1 unspecified atom stereocenters. The van der Waals surface area contributed by atoms with Crippen LogP contribution in [0.2, 0.25) is 0 Å². The molecule has 1 aromatic heterocycles. The van der Waals surface area contributed by atoms with Crippen LogP contribution in [-0.2, 0) is 16.4 Å². The monoisotopic (exact) mass is 367 g/mol. The first-order chi connectivity index (χ1) is 11.7. The molecule has 138 valence electrons. The Kier molecular flexibility index (Phi) is 6.26. The number of hydrogen-bond donors (Lipinski definition) is 2. The average molecular weight is 367 g/mol. The van der Waals surface area contributed by atoms with E-state index in [2.05, 4.69) is 4.72 Å². The van der Waals surface area contributed by atoms with E-state index in [-0.39, 0.29) is 17.9 Å². The van der Waals surface area contributed by atoms with Gasteiger partial charge in [-0.05, 0) is 49.2 Å². The van der Waals surface area contributed by atoms with Gasteiger partial charge in [-0.2, -0.15) is 0 Å². The third-order valence-electron chi connectivity index (χ3n) is 3.50. The van der Waals surface area contributed by atoms with Gasteiger partial charge >= 0.3 is 0 Å². The van der Waals surface area contributed by atoms with E-state index in [1.54, 1.807) is 31.2 Å². The number of aliphatic hydroxyl groups is 1. The molecule has 0 aliphatic heterocycles. The van der Waals surface area contributed by atoms with E-state index in [1.165, 1.54) is 18.4 Å². The highest BCUT2D eigenvalue weighted by Crippen LogP contribution is 2.18. The molecule has 1 aromatic carbocycles. The number of hydrogen-bond acceptors (Lipinski definition) is 5. The van der Waals surface area contributed by atoms with Crippen molar-refractivity contribution in [3.05, 3.63) is 48.4 Å².